The minimum Gasteiger partial charge on any atom is -0.394 e. The van der Waals surface area contributed by atoms with Crippen molar-refractivity contribution in [2.45, 2.75) is 69.4 Å². The van der Waals surface area contributed by atoms with Gasteiger partial charge in [0.2, 0.25) is 0 Å². The highest BCUT2D eigenvalue weighted by atomic mass is 35.5. The molecule has 1 fully saturated rings. The minimum atomic E-state index is -0.648. The second-order valence-corrected chi connectivity index (χ2v) is 9.79. The van der Waals surface area contributed by atoms with Crippen LogP contribution in [0.5, 0.6) is 0 Å². The summed E-state index contributed by atoms with van der Waals surface area (Å²) < 4.78 is 6.37. The number of thiophene rings is 1. The van der Waals surface area contributed by atoms with Crippen LogP contribution in [0.4, 0.5) is 0 Å². The standard InChI is InChI=1S/C23H35ClO5S/c1-29-17(8-10-18-11-13-23(24)30-18)9-12-20-19(21(27)14-22(20)28)7-5-3-2-4-6-16(26)15-25/h3,5,9,11-13,16-17,19-22,25-28H,2,4,6-8,10,14-15H2,1H3/b5-3-,12-9+/t16-,17+,19-,20-,21+,22-/m1/s1. The van der Waals surface area contributed by atoms with Crippen LogP contribution in [-0.2, 0) is 11.2 Å². The van der Waals surface area contributed by atoms with E-state index in [4.69, 9.17) is 21.4 Å². The van der Waals surface area contributed by atoms with Crippen molar-refractivity contribution < 1.29 is 25.2 Å². The third-order valence-corrected chi connectivity index (χ3v) is 7.06. The van der Waals surface area contributed by atoms with E-state index in [-0.39, 0.29) is 24.5 Å². The Hall–Kier alpha value is -0.730. The average molecular weight is 459 g/mol. The molecule has 5 nitrogen and oxygen atoms in total. The van der Waals surface area contributed by atoms with Gasteiger partial charge in [-0.15, -0.1) is 11.3 Å². The van der Waals surface area contributed by atoms with Gasteiger partial charge in [0, 0.05) is 24.3 Å². The molecule has 170 valence electrons. The van der Waals surface area contributed by atoms with Crippen LogP contribution < -0.4 is 0 Å². The van der Waals surface area contributed by atoms with E-state index in [2.05, 4.69) is 0 Å². The first-order valence-corrected chi connectivity index (χ1v) is 11.9. The molecule has 0 spiro atoms. The fraction of sp³-hybridized carbons (Fsp3) is 0.652. The summed E-state index contributed by atoms with van der Waals surface area (Å²) in [4.78, 5) is 1.22. The molecular formula is C23H35ClO5S. The molecule has 1 heterocycles. The van der Waals surface area contributed by atoms with Crippen LogP contribution in [0.1, 0.15) is 43.4 Å². The average Bonchev–Trinajstić information content (AvgIpc) is 3.26. The lowest BCUT2D eigenvalue weighted by molar-refractivity contribution is 0.0868. The summed E-state index contributed by atoms with van der Waals surface area (Å²) in [5.74, 6) is -0.126. The monoisotopic (exact) mass is 458 g/mol. The van der Waals surface area contributed by atoms with Gasteiger partial charge < -0.3 is 25.2 Å². The van der Waals surface area contributed by atoms with Crippen molar-refractivity contribution in [3.63, 3.8) is 0 Å². The maximum Gasteiger partial charge on any atom is 0.0931 e. The maximum absolute atomic E-state index is 10.4. The first kappa shape index (κ1) is 25.5. The second-order valence-electron chi connectivity index (χ2n) is 7.99. The van der Waals surface area contributed by atoms with E-state index in [0.717, 1.165) is 30.0 Å². The molecule has 0 aromatic carbocycles. The molecule has 1 aromatic rings. The number of rotatable bonds is 13. The Labute approximate surface area is 188 Å². The van der Waals surface area contributed by atoms with Crippen LogP contribution in [0.25, 0.3) is 0 Å². The first-order chi connectivity index (χ1) is 14.4. The van der Waals surface area contributed by atoms with E-state index in [0.29, 0.717) is 19.3 Å². The SMILES string of the molecule is CO[C@H](/C=C/[C@@H]1[C@@H](C/C=C\CCC[C@@H](O)CO)[C@@H](O)C[C@H]1O)CCc1ccc(Cl)s1. The molecule has 1 saturated carbocycles. The fourth-order valence-electron chi connectivity index (χ4n) is 3.96. The van der Waals surface area contributed by atoms with Crippen LogP contribution in [0.3, 0.4) is 0 Å². The van der Waals surface area contributed by atoms with Crippen molar-refractivity contribution in [1.82, 2.24) is 0 Å². The van der Waals surface area contributed by atoms with Gasteiger partial charge in [-0.1, -0.05) is 35.9 Å². The molecule has 7 heteroatoms. The number of halogens is 1. The van der Waals surface area contributed by atoms with Crippen molar-refractivity contribution in [2.24, 2.45) is 11.8 Å². The van der Waals surface area contributed by atoms with Crippen LogP contribution in [-0.4, -0.2) is 58.6 Å². The molecule has 1 aliphatic rings. The first-order valence-electron chi connectivity index (χ1n) is 10.7. The smallest absolute Gasteiger partial charge is 0.0931 e. The Morgan fingerprint density at radius 2 is 2.03 bits per heavy atom. The molecular weight excluding hydrogens is 424 g/mol. The zero-order valence-corrected chi connectivity index (χ0v) is 19.1. The summed E-state index contributed by atoms with van der Waals surface area (Å²) in [6.45, 7) is -0.201. The largest absolute Gasteiger partial charge is 0.394 e. The molecule has 4 N–H and O–H groups in total. The van der Waals surface area contributed by atoms with Gasteiger partial charge in [0.1, 0.15) is 0 Å². The van der Waals surface area contributed by atoms with E-state index in [9.17, 15) is 15.3 Å². The van der Waals surface area contributed by atoms with Crippen LogP contribution in [0.15, 0.2) is 36.4 Å². The number of allylic oxidation sites excluding steroid dienone is 2. The lowest BCUT2D eigenvalue weighted by Gasteiger charge is -2.20. The molecule has 0 radical (unpaired) electrons. The highest BCUT2D eigenvalue weighted by Crippen LogP contribution is 2.36. The van der Waals surface area contributed by atoms with Crippen molar-refractivity contribution in [3.8, 4) is 0 Å². The predicted molar refractivity (Wildman–Crippen MR) is 122 cm³/mol. The third kappa shape index (κ3) is 8.42. The number of hydrogen-bond donors (Lipinski definition) is 4. The van der Waals surface area contributed by atoms with Gasteiger partial charge in [0.05, 0.1) is 35.4 Å². The Morgan fingerprint density at radius 1 is 1.23 bits per heavy atom. The van der Waals surface area contributed by atoms with E-state index >= 15 is 0 Å². The summed E-state index contributed by atoms with van der Waals surface area (Å²) in [6.07, 6.45) is 11.3. The summed E-state index contributed by atoms with van der Waals surface area (Å²) in [5.41, 5.74) is 0. The van der Waals surface area contributed by atoms with E-state index in [1.807, 2.05) is 36.4 Å². The van der Waals surface area contributed by atoms with Crippen molar-refractivity contribution >= 4 is 22.9 Å². The molecule has 0 bridgehead atoms. The molecule has 0 amide bonds. The number of aliphatic hydroxyl groups excluding tert-OH is 4. The van der Waals surface area contributed by atoms with Crippen LogP contribution in [0, 0.1) is 11.8 Å². The number of aliphatic hydroxyl groups is 4. The molecule has 30 heavy (non-hydrogen) atoms. The van der Waals surface area contributed by atoms with Crippen molar-refractivity contribution in [3.05, 3.63) is 45.7 Å². The summed E-state index contributed by atoms with van der Waals surface area (Å²) in [6, 6.07) is 3.94. The van der Waals surface area contributed by atoms with E-state index in [1.54, 1.807) is 18.4 Å². The molecule has 2 rings (SSSR count). The van der Waals surface area contributed by atoms with Crippen molar-refractivity contribution in [2.75, 3.05) is 13.7 Å². The summed E-state index contributed by atoms with van der Waals surface area (Å²) >= 11 is 7.57. The number of ether oxygens (including phenoxy) is 1. The normalized spacial score (nSPS) is 26.7. The zero-order valence-electron chi connectivity index (χ0n) is 17.6. The Bertz CT molecular complexity index is 662. The topological polar surface area (TPSA) is 90.2 Å². The molecule has 0 aliphatic heterocycles. The minimum absolute atomic E-state index is 0.0239. The fourth-order valence-corrected chi connectivity index (χ4v) is 5.06. The Balaban J connectivity index is 1.84. The molecule has 0 saturated heterocycles. The molecule has 1 aromatic heterocycles. The molecule has 6 atom stereocenters. The number of hydrogen-bond acceptors (Lipinski definition) is 6. The predicted octanol–water partition coefficient (Wildman–Crippen LogP) is 3.73. The second kappa shape index (κ2) is 13.6. The van der Waals surface area contributed by atoms with Gasteiger partial charge in [0.25, 0.3) is 0 Å². The molecule has 0 unspecified atom stereocenters. The highest BCUT2D eigenvalue weighted by Gasteiger charge is 2.39. The lowest BCUT2D eigenvalue weighted by Crippen LogP contribution is -2.20. The molecule has 1 aliphatic carbocycles. The summed E-state index contributed by atoms with van der Waals surface area (Å²) in [7, 11) is 1.68. The quantitative estimate of drug-likeness (QED) is 0.267. The van der Waals surface area contributed by atoms with Crippen LogP contribution in [0.2, 0.25) is 4.34 Å². The van der Waals surface area contributed by atoms with Gasteiger partial charge in [-0.05, 0) is 56.6 Å². The van der Waals surface area contributed by atoms with E-state index < -0.39 is 18.3 Å². The van der Waals surface area contributed by atoms with E-state index in [1.165, 1.54) is 4.88 Å². The highest BCUT2D eigenvalue weighted by molar-refractivity contribution is 7.16. The lowest BCUT2D eigenvalue weighted by atomic mass is 9.89. The number of unbranched alkanes of at least 4 members (excludes halogenated alkanes) is 1. The van der Waals surface area contributed by atoms with Gasteiger partial charge in [-0.25, -0.2) is 0 Å². The van der Waals surface area contributed by atoms with Gasteiger partial charge in [0.15, 0.2) is 0 Å². The summed E-state index contributed by atoms with van der Waals surface area (Å²) in [5, 5.41) is 39.0. The van der Waals surface area contributed by atoms with Gasteiger partial charge >= 0.3 is 0 Å². The third-order valence-electron chi connectivity index (χ3n) is 5.76. The van der Waals surface area contributed by atoms with Crippen LogP contribution >= 0.6 is 22.9 Å². The Kier molecular flexibility index (Phi) is 11.6. The van der Waals surface area contributed by atoms with Crippen molar-refractivity contribution in [1.29, 1.82) is 0 Å². The Morgan fingerprint density at radius 3 is 2.70 bits per heavy atom. The zero-order chi connectivity index (χ0) is 21.9. The van der Waals surface area contributed by atoms with Gasteiger partial charge in [-0.2, -0.15) is 0 Å². The number of aryl methyl sites for hydroxylation is 1. The number of methoxy groups -OCH3 is 1. The maximum atomic E-state index is 10.4. The van der Waals surface area contributed by atoms with Gasteiger partial charge in [-0.3, -0.25) is 0 Å².